The van der Waals surface area contributed by atoms with Crippen molar-refractivity contribution in [1.29, 1.82) is 0 Å². The predicted octanol–water partition coefficient (Wildman–Crippen LogP) is -11.7. The fraction of sp³-hybridized carbons (Fsp3) is 0. The Bertz CT molecular complexity index is 67.1. The Kier molecular flexibility index (Phi) is 61.8. The van der Waals surface area contributed by atoms with Crippen molar-refractivity contribution in [3.05, 3.63) is 0 Å². The molecule has 0 atom stereocenters. The molecule has 0 saturated carbocycles. The minimum absolute atomic E-state index is 0. The smallest absolute Gasteiger partial charge is 0.832 e. The van der Waals surface area contributed by atoms with Crippen LogP contribution in [0.2, 0.25) is 0 Å². The molecule has 0 fully saturated rings. The minimum atomic E-state index is -2.42. The molecule has 0 bridgehead atoms. The molecule has 14 N–H and O–H groups in total. The van der Waals surface area contributed by atoms with Crippen LogP contribution in [0.4, 0.5) is 0 Å². The van der Waals surface area contributed by atoms with Crippen LogP contribution in [0.1, 0.15) is 0 Å². The largest absolute Gasteiger partial charge is 1.00 e. The summed E-state index contributed by atoms with van der Waals surface area (Å²) in [6.45, 7) is 0. The second-order valence-corrected chi connectivity index (χ2v) is 1.37. The molecule has 0 aliphatic rings. The quantitative estimate of drug-likeness (QED) is 0.184. The molecule has 0 saturated heterocycles. The van der Waals surface area contributed by atoms with E-state index in [1.54, 1.807) is 0 Å². The van der Waals surface area contributed by atoms with Crippen LogP contribution in [-0.4, -0.2) is 84.5 Å². The van der Waals surface area contributed by atoms with Gasteiger partial charge in [-0.15, -0.1) is 0 Å². The van der Waals surface area contributed by atoms with E-state index in [9.17, 15) is 0 Å². The van der Waals surface area contributed by atoms with Gasteiger partial charge in [0.05, 0.1) is 0 Å². The topological polar surface area (TPSA) is 281 Å². The van der Waals surface area contributed by atoms with E-state index in [-0.39, 0.29) is 35.7 Å². The van der Waals surface area contributed by atoms with Crippen molar-refractivity contribution >= 4 is 29.3 Å². The van der Waals surface area contributed by atoms with Gasteiger partial charge in [0.15, 0.2) is 0 Å². The fourth-order valence-electron chi connectivity index (χ4n) is 0. The van der Waals surface area contributed by atoms with E-state index >= 15 is 0 Å². The zero-order chi connectivity index (χ0) is 14.3. The van der Waals surface area contributed by atoms with Crippen molar-refractivity contribution in [1.82, 2.24) is 6.15 Å². The predicted molar refractivity (Wildman–Crippen MR) is 52.4 cm³/mol. The van der Waals surface area contributed by atoms with Gasteiger partial charge in [0.1, 0.15) is 0 Å². The van der Waals surface area contributed by atoms with Crippen LogP contribution in [0.3, 0.4) is 0 Å². The van der Waals surface area contributed by atoms with Crippen molar-refractivity contribution in [3.8, 4) is 0 Å². The fourth-order valence-corrected chi connectivity index (χ4v) is 0. The van der Waals surface area contributed by atoms with Gasteiger partial charge in [0, 0.05) is 0 Å². The molecule has 0 spiro atoms. The van der Waals surface area contributed by atoms with Crippen LogP contribution < -0.4 is 40.7 Å². The summed E-state index contributed by atoms with van der Waals surface area (Å²) in [4.78, 5) is 0. The average molecular weight is 286 g/mol. The minimum Gasteiger partial charge on any atom is -0.832 e. The molecule has 0 aliphatic heterocycles. The zero-order valence-electron chi connectivity index (χ0n) is 9.34. The Labute approximate surface area is 125 Å². The molecule has 0 radical (unpaired) electrons. The first-order chi connectivity index (χ1) is 6.93. The summed E-state index contributed by atoms with van der Waals surface area (Å²) in [5, 5.41) is 87.2. The van der Waals surface area contributed by atoms with E-state index in [1.807, 2.05) is 0 Å². The van der Waals surface area contributed by atoms with Crippen LogP contribution in [0, 0.1) is 0 Å². The first-order valence-corrected chi connectivity index (χ1v) is 3.08. The van der Waals surface area contributed by atoms with Gasteiger partial charge in [-0.25, -0.2) is 0 Å². The van der Waals surface area contributed by atoms with Crippen molar-refractivity contribution in [2.24, 2.45) is 0 Å². The molecule has 0 rings (SSSR count). The summed E-state index contributed by atoms with van der Waals surface area (Å²) < 4.78 is 0. The molecule has 0 unspecified atom stereocenters. The Balaban J connectivity index is -0.0000000257. The second kappa shape index (κ2) is 30.6. The third kappa shape index (κ3) is 7580. The molecule has 0 amide bonds. The third-order valence-electron chi connectivity index (χ3n) is 0. The van der Waals surface area contributed by atoms with Crippen LogP contribution in [-0.2, 0) is 0 Å². The molecule has 18 heteroatoms. The summed E-state index contributed by atoms with van der Waals surface area (Å²) in [5.41, 5.74) is 0. The van der Waals surface area contributed by atoms with Gasteiger partial charge in [-0.2, -0.15) is 0 Å². The monoisotopic (exact) mass is 287 g/mol. The summed E-state index contributed by atoms with van der Waals surface area (Å²) in [5.74, 6) is 0. The molecule has 0 aromatic heterocycles. The van der Waals surface area contributed by atoms with Gasteiger partial charge in [0.2, 0.25) is 0 Å². The zero-order valence-corrected chi connectivity index (χ0v) is 11.3. The van der Waals surface area contributed by atoms with Crippen molar-refractivity contribution in [2.45, 2.75) is 0 Å². The Morgan fingerprint density at radius 3 is 0.500 bits per heavy atom. The van der Waals surface area contributed by atoms with Gasteiger partial charge < -0.3 is 66.4 Å². The molecular weight excluding hydrogens is 272 g/mol. The molecule has 0 aromatic rings. The van der Waals surface area contributed by atoms with Gasteiger partial charge in [-0.1, -0.05) is 0 Å². The SMILES string of the molecule is N.OB(O)O.OB(O)O.OB(O)O.[Na+].[O-]B(O)O. The van der Waals surface area contributed by atoms with Crippen molar-refractivity contribution < 1.29 is 89.8 Å². The standard InChI is InChI=1S/3BH3O3.BH2O3.H3N.Na/c4*2-1(3)4;;/h3*2-4H;2-3H;1H3;/q;;;-1;;+1. The van der Waals surface area contributed by atoms with Crippen LogP contribution in [0.15, 0.2) is 0 Å². The van der Waals surface area contributed by atoms with Crippen LogP contribution in [0.25, 0.3) is 0 Å². The Morgan fingerprint density at radius 1 is 0.500 bits per heavy atom. The van der Waals surface area contributed by atoms with Crippen molar-refractivity contribution in [2.75, 3.05) is 0 Å². The van der Waals surface area contributed by atoms with E-state index < -0.39 is 29.3 Å². The number of hydrogen-bond donors (Lipinski definition) is 12. The van der Waals surface area contributed by atoms with Gasteiger partial charge in [-0.05, 0) is 0 Å². The summed E-state index contributed by atoms with van der Waals surface area (Å²) >= 11 is 0. The molecule has 18 heavy (non-hydrogen) atoms. The van der Waals surface area contributed by atoms with E-state index in [2.05, 4.69) is 0 Å². The maximum Gasteiger partial charge on any atom is 1.00 e. The summed E-state index contributed by atoms with van der Waals surface area (Å²) in [6, 6.07) is 0. The summed E-state index contributed by atoms with van der Waals surface area (Å²) in [6.07, 6.45) is 0. The molecule has 104 valence electrons. The van der Waals surface area contributed by atoms with Gasteiger partial charge in [-0.3, -0.25) is 0 Å². The molecule has 0 aromatic carbocycles. The first kappa shape index (κ1) is 36.3. The molecule has 0 aliphatic carbocycles. The maximum atomic E-state index is 8.64. The van der Waals surface area contributed by atoms with E-state index in [4.69, 9.17) is 60.3 Å². The van der Waals surface area contributed by atoms with Crippen LogP contribution in [0.5, 0.6) is 0 Å². The first-order valence-electron chi connectivity index (χ1n) is 3.08. The van der Waals surface area contributed by atoms with E-state index in [1.165, 1.54) is 0 Å². The molecule has 13 nitrogen and oxygen atoms in total. The normalized spacial score (nSPS) is 6.00. The van der Waals surface area contributed by atoms with E-state index in [0.29, 0.717) is 0 Å². The number of rotatable bonds is 0. The number of hydrogen-bond acceptors (Lipinski definition) is 13. The van der Waals surface area contributed by atoms with Gasteiger partial charge >= 0.3 is 58.8 Å². The molecule has 0 heterocycles. The molecular formula is H14B4NNaO12. The van der Waals surface area contributed by atoms with E-state index in [0.717, 1.165) is 0 Å². The second-order valence-electron chi connectivity index (χ2n) is 1.37. The summed E-state index contributed by atoms with van der Waals surface area (Å²) in [7, 11) is -8.92. The Hall–Kier alpha value is 0.740. The van der Waals surface area contributed by atoms with Gasteiger partial charge in [0.25, 0.3) is 0 Å². The maximum absolute atomic E-state index is 8.64. The van der Waals surface area contributed by atoms with Crippen molar-refractivity contribution in [3.63, 3.8) is 0 Å². The van der Waals surface area contributed by atoms with Crippen LogP contribution >= 0.6 is 0 Å². The Morgan fingerprint density at radius 2 is 0.500 bits per heavy atom. The average Bonchev–Trinajstić information content (AvgIpc) is 1.76. The third-order valence-corrected chi connectivity index (χ3v) is 0.